The Labute approximate surface area is 241 Å². The fourth-order valence-corrected chi connectivity index (χ4v) is 6.23. The molecule has 0 spiro atoms. The molecule has 0 atom stereocenters. The monoisotopic (exact) mass is 566 g/mol. The van der Waals surface area contributed by atoms with E-state index in [4.69, 9.17) is 18.9 Å². The van der Waals surface area contributed by atoms with E-state index >= 15 is 0 Å². The smallest absolute Gasteiger partial charge is 0.181 e. The summed E-state index contributed by atoms with van der Waals surface area (Å²) in [6, 6.07) is 0. The maximum atomic E-state index is 6.76. The number of thiophene rings is 2. The van der Waals surface area contributed by atoms with Crippen molar-refractivity contribution in [2.75, 3.05) is 0 Å². The van der Waals surface area contributed by atoms with Gasteiger partial charge in [0.1, 0.15) is 22.4 Å². The van der Waals surface area contributed by atoms with Gasteiger partial charge in [-0.3, -0.25) is 0 Å². The minimum atomic E-state index is -0.416. The Morgan fingerprint density at radius 2 is 0.553 bits per heavy atom. The van der Waals surface area contributed by atoms with Gasteiger partial charge >= 0.3 is 0 Å². The van der Waals surface area contributed by atoms with Gasteiger partial charge in [0.25, 0.3) is 0 Å². The van der Waals surface area contributed by atoms with E-state index in [1.165, 1.54) is 0 Å². The molecule has 2 aromatic rings. The molecule has 218 valence electrons. The van der Waals surface area contributed by atoms with Gasteiger partial charge in [-0.05, 0) is 83.1 Å². The van der Waals surface area contributed by atoms with Crippen LogP contribution in [0.15, 0.2) is 0 Å². The van der Waals surface area contributed by atoms with Gasteiger partial charge in [-0.15, -0.1) is 22.7 Å². The second-order valence-electron chi connectivity index (χ2n) is 16.2. The Morgan fingerprint density at radius 3 is 0.737 bits per heavy atom. The molecule has 2 aromatic heterocycles. The average Bonchev–Trinajstić information content (AvgIpc) is 3.08. The second-order valence-corrected chi connectivity index (χ2v) is 18.2. The maximum absolute atomic E-state index is 6.76. The topological polar surface area (TPSA) is 36.9 Å². The van der Waals surface area contributed by atoms with Gasteiger partial charge in [0, 0.05) is 10.8 Å². The summed E-state index contributed by atoms with van der Waals surface area (Å²) >= 11 is 3.49. The normalized spacial score (nSPS) is 14.1. The molecule has 4 nitrogen and oxygen atoms in total. The van der Waals surface area contributed by atoms with Crippen LogP contribution in [0.1, 0.15) is 134 Å². The van der Waals surface area contributed by atoms with Crippen LogP contribution in [-0.2, 0) is 10.8 Å². The van der Waals surface area contributed by atoms with Crippen molar-refractivity contribution in [3.05, 3.63) is 9.75 Å². The Kier molecular flexibility index (Phi) is 8.82. The zero-order chi connectivity index (χ0) is 29.9. The van der Waals surface area contributed by atoms with Gasteiger partial charge in [-0.2, -0.15) is 0 Å². The summed E-state index contributed by atoms with van der Waals surface area (Å²) in [6.07, 6.45) is 0. The van der Waals surface area contributed by atoms with Gasteiger partial charge in [0.15, 0.2) is 23.0 Å². The van der Waals surface area contributed by atoms with E-state index in [-0.39, 0.29) is 22.0 Å². The highest BCUT2D eigenvalue weighted by molar-refractivity contribution is 7.23. The Hall–Kier alpha value is -1.40. The van der Waals surface area contributed by atoms with E-state index in [0.717, 1.165) is 42.5 Å². The minimum absolute atomic E-state index is 0.139. The van der Waals surface area contributed by atoms with Crippen molar-refractivity contribution in [1.29, 1.82) is 0 Å². The second kappa shape index (κ2) is 10.2. The molecule has 0 N–H and O–H groups in total. The van der Waals surface area contributed by atoms with E-state index in [2.05, 4.69) is 125 Å². The van der Waals surface area contributed by atoms with Crippen LogP contribution in [-0.4, -0.2) is 22.4 Å². The first-order valence-electron chi connectivity index (χ1n) is 13.7. The molecule has 38 heavy (non-hydrogen) atoms. The zero-order valence-corrected chi connectivity index (χ0v) is 29.1. The van der Waals surface area contributed by atoms with E-state index in [0.29, 0.717) is 0 Å². The summed E-state index contributed by atoms with van der Waals surface area (Å²) in [5, 5.41) is 0. The predicted octanol–water partition coefficient (Wildman–Crippen LogP) is 10.8. The van der Waals surface area contributed by atoms with E-state index in [1.54, 1.807) is 22.7 Å². The first kappa shape index (κ1) is 32.8. The van der Waals surface area contributed by atoms with Crippen molar-refractivity contribution in [2.45, 2.75) is 158 Å². The molecular formula is C32H54O4S2. The largest absolute Gasteiger partial charge is 0.483 e. The molecule has 0 unspecified atom stereocenters. The Balaban J connectivity index is 3.11. The van der Waals surface area contributed by atoms with Gasteiger partial charge in [0.2, 0.25) is 0 Å². The van der Waals surface area contributed by atoms with Crippen molar-refractivity contribution < 1.29 is 18.9 Å². The summed E-state index contributed by atoms with van der Waals surface area (Å²) in [7, 11) is 0. The number of hydrogen-bond acceptors (Lipinski definition) is 6. The Morgan fingerprint density at radius 1 is 0.342 bits per heavy atom. The Bertz CT molecular complexity index is 1020. The molecule has 0 saturated heterocycles. The predicted molar refractivity (Wildman–Crippen MR) is 167 cm³/mol. The van der Waals surface area contributed by atoms with E-state index < -0.39 is 11.2 Å². The van der Waals surface area contributed by atoms with Crippen molar-refractivity contribution in [1.82, 2.24) is 0 Å². The molecule has 0 bridgehead atoms. The van der Waals surface area contributed by atoms with Crippen molar-refractivity contribution in [2.24, 2.45) is 0 Å². The van der Waals surface area contributed by atoms with Crippen LogP contribution in [0.3, 0.4) is 0 Å². The molecule has 6 heteroatoms. The van der Waals surface area contributed by atoms with Crippen LogP contribution < -0.4 is 18.9 Å². The zero-order valence-electron chi connectivity index (χ0n) is 27.4. The third-order valence-corrected chi connectivity index (χ3v) is 8.17. The first-order valence-corrected chi connectivity index (χ1v) is 15.3. The van der Waals surface area contributed by atoms with Gasteiger partial charge in [0.05, 0.1) is 19.5 Å². The highest BCUT2D eigenvalue weighted by Crippen LogP contribution is 2.61. The maximum Gasteiger partial charge on any atom is 0.181 e. The fraction of sp³-hybridized carbons (Fsp3) is 0.750. The first-order chi connectivity index (χ1) is 16.6. The minimum Gasteiger partial charge on any atom is -0.483 e. The molecule has 0 fully saturated rings. The van der Waals surface area contributed by atoms with Gasteiger partial charge in [-0.1, -0.05) is 41.5 Å². The lowest BCUT2D eigenvalue weighted by molar-refractivity contribution is 0.0941. The molecule has 2 rings (SSSR count). The van der Waals surface area contributed by atoms with Crippen molar-refractivity contribution in [3.63, 3.8) is 0 Å². The third kappa shape index (κ3) is 8.81. The molecule has 0 radical (unpaired) electrons. The van der Waals surface area contributed by atoms with Crippen LogP contribution >= 0.6 is 22.7 Å². The lowest BCUT2D eigenvalue weighted by atomic mass is 9.93. The highest BCUT2D eigenvalue weighted by Gasteiger charge is 2.39. The van der Waals surface area contributed by atoms with Crippen LogP contribution in [0.4, 0.5) is 0 Å². The fourth-order valence-electron chi connectivity index (χ4n) is 3.68. The number of hydrogen-bond donors (Lipinski definition) is 0. The van der Waals surface area contributed by atoms with Crippen molar-refractivity contribution >= 4 is 22.7 Å². The summed E-state index contributed by atoms with van der Waals surface area (Å²) in [5.74, 6) is 3.21. The van der Waals surface area contributed by atoms with E-state index in [1.807, 2.05) is 0 Å². The average molecular weight is 567 g/mol. The van der Waals surface area contributed by atoms with Crippen LogP contribution in [0.25, 0.3) is 9.75 Å². The van der Waals surface area contributed by atoms with Gasteiger partial charge < -0.3 is 18.9 Å². The number of rotatable bonds is 5. The summed E-state index contributed by atoms with van der Waals surface area (Å²) in [4.78, 5) is 4.38. The SMILES string of the molecule is CC(C)(C)Oc1c(-c2sc(C(C)(C)C)c(OC(C)(C)C)c2OC(C)(C)C)sc(C(C)(C)C)c1OC(C)(C)C. The molecule has 0 aliphatic heterocycles. The third-order valence-electron chi connectivity index (χ3n) is 4.85. The highest BCUT2D eigenvalue weighted by atomic mass is 32.1. The molecule has 0 aliphatic carbocycles. The van der Waals surface area contributed by atoms with Crippen LogP contribution in [0, 0.1) is 0 Å². The van der Waals surface area contributed by atoms with Crippen LogP contribution in [0.2, 0.25) is 0 Å². The summed E-state index contributed by atoms with van der Waals surface area (Å²) in [6.45, 7) is 38.4. The lowest BCUT2D eigenvalue weighted by Crippen LogP contribution is -2.27. The summed E-state index contributed by atoms with van der Waals surface area (Å²) in [5.41, 5.74) is -1.88. The van der Waals surface area contributed by atoms with Gasteiger partial charge in [-0.25, -0.2) is 0 Å². The quantitative estimate of drug-likeness (QED) is 0.361. The van der Waals surface area contributed by atoms with E-state index in [9.17, 15) is 0 Å². The molecule has 0 aliphatic rings. The molecule has 0 aromatic carbocycles. The molecule has 0 amide bonds. The summed E-state index contributed by atoms with van der Waals surface area (Å²) < 4.78 is 26.9. The standard InChI is InChI=1S/C32H54O4S2/c1-27(2,3)25-21(35-31(13,14)15)19(33-29(7,8)9)23(37-25)24-20(34-30(10,11)12)22(36-32(16,17)18)26(38-24)28(4,5)6/h1-18H3. The van der Waals surface area contributed by atoms with Crippen molar-refractivity contribution in [3.8, 4) is 32.8 Å². The lowest BCUT2D eigenvalue weighted by Gasteiger charge is -2.29. The molecule has 2 heterocycles. The number of ether oxygens (including phenoxy) is 4. The molecule has 0 saturated carbocycles. The molecular weight excluding hydrogens is 512 g/mol. The van der Waals surface area contributed by atoms with Crippen LogP contribution in [0.5, 0.6) is 23.0 Å².